The molecule has 1 aliphatic heterocycles. The lowest BCUT2D eigenvalue weighted by atomic mass is 10.1. The van der Waals surface area contributed by atoms with E-state index >= 15 is 0 Å². The van der Waals surface area contributed by atoms with Crippen molar-refractivity contribution in [3.05, 3.63) is 0 Å². The van der Waals surface area contributed by atoms with Gasteiger partial charge >= 0.3 is 5.97 Å². The quantitative estimate of drug-likeness (QED) is 0.476. The van der Waals surface area contributed by atoms with E-state index in [9.17, 15) is 4.79 Å². The van der Waals surface area contributed by atoms with Crippen LogP contribution in [0, 0.1) is 0 Å². The van der Waals surface area contributed by atoms with Crippen molar-refractivity contribution in [1.82, 2.24) is 0 Å². The molecule has 3 nitrogen and oxygen atoms in total. The first kappa shape index (κ1) is 9.52. The molecule has 0 N–H and O–H groups in total. The SMILES string of the molecule is CCCCCC1COC(=O)CO1. The molecule has 70 valence electrons. The van der Waals surface area contributed by atoms with E-state index in [1.807, 2.05) is 0 Å². The molecular weight excluding hydrogens is 156 g/mol. The van der Waals surface area contributed by atoms with Gasteiger partial charge in [0.1, 0.15) is 13.2 Å². The second-order valence-electron chi connectivity index (χ2n) is 3.11. The zero-order valence-electron chi connectivity index (χ0n) is 7.54. The summed E-state index contributed by atoms with van der Waals surface area (Å²) in [6, 6.07) is 0. The smallest absolute Gasteiger partial charge is 0.332 e. The summed E-state index contributed by atoms with van der Waals surface area (Å²) in [6.45, 7) is 2.75. The molecule has 12 heavy (non-hydrogen) atoms. The first-order valence-corrected chi connectivity index (χ1v) is 4.60. The molecule has 0 radical (unpaired) electrons. The largest absolute Gasteiger partial charge is 0.461 e. The third-order valence-corrected chi connectivity index (χ3v) is 2.00. The van der Waals surface area contributed by atoms with Crippen molar-refractivity contribution in [2.24, 2.45) is 0 Å². The Labute approximate surface area is 73.0 Å². The van der Waals surface area contributed by atoms with Crippen LogP contribution in [0.2, 0.25) is 0 Å². The minimum atomic E-state index is -0.234. The van der Waals surface area contributed by atoms with E-state index in [-0.39, 0.29) is 18.7 Å². The van der Waals surface area contributed by atoms with Crippen molar-refractivity contribution in [2.45, 2.75) is 38.7 Å². The standard InChI is InChI=1S/C9H16O3/c1-2-3-4-5-8-6-12-9(10)7-11-8/h8H,2-7H2,1H3. The van der Waals surface area contributed by atoms with Crippen LogP contribution in [0.25, 0.3) is 0 Å². The van der Waals surface area contributed by atoms with E-state index in [2.05, 4.69) is 6.92 Å². The molecule has 0 aromatic heterocycles. The van der Waals surface area contributed by atoms with Gasteiger partial charge in [-0.2, -0.15) is 0 Å². The Kier molecular flexibility index (Phi) is 4.08. The maximum Gasteiger partial charge on any atom is 0.332 e. The van der Waals surface area contributed by atoms with Crippen LogP contribution in [0.15, 0.2) is 0 Å². The Morgan fingerprint density at radius 1 is 1.50 bits per heavy atom. The molecule has 0 saturated carbocycles. The molecule has 1 aliphatic rings. The maximum atomic E-state index is 10.6. The number of cyclic esters (lactones) is 1. The number of ether oxygens (including phenoxy) is 2. The zero-order valence-corrected chi connectivity index (χ0v) is 7.54. The molecule has 1 heterocycles. The summed E-state index contributed by atoms with van der Waals surface area (Å²) in [5.74, 6) is -0.234. The molecule has 0 spiro atoms. The minimum Gasteiger partial charge on any atom is -0.461 e. The first-order chi connectivity index (χ1) is 5.83. The predicted molar refractivity (Wildman–Crippen MR) is 44.8 cm³/mol. The molecule has 0 aliphatic carbocycles. The van der Waals surface area contributed by atoms with Crippen molar-refractivity contribution in [2.75, 3.05) is 13.2 Å². The van der Waals surface area contributed by atoms with Crippen LogP contribution in [-0.4, -0.2) is 25.3 Å². The molecule has 1 fully saturated rings. The number of rotatable bonds is 4. The Hall–Kier alpha value is -0.570. The average molecular weight is 172 g/mol. The van der Waals surface area contributed by atoms with Gasteiger partial charge in [-0.05, 0) is 6.42 Å². The highest BCUT2D eigenvalue weighted by atomic mass is 16.6. The molecule has 0 aromatic rings. The van der Waals surface area contributed by atoms with Crippen LogP contribution in [0.5, 0.6) is 0 Å². The van der Waals surface area contributed by atoms with Crippen LogP contribution >= 0.6 is 0 Å². The van der Waals surface area contributed by atoms with Crippen molar-refractivity contribution in [3.8, 4) is 0 Å². The summed E-state index contributed by atoms with van der Waals surface area (Å²) in [5.41, 5.74) is 0. The highest BCUT2D eigenvalue weighted by Crippen LogP contribution is 2.10. The molecule has 0 aromatic carbocycles. The van der Waals surface area contributed by atoms with Crippen molar-refractivity contribution >= 4 is 5.97 Å². The lowest BCUT2D eigenvalue weighted by molar-refractivity contribution is -0.168. The maximum absolute atomic E-state index is 10.6. The lowest BCUT2D eigenvalue weighted by Crippen LogP contribution is -2.32. The monoisotopic (exact) mass is 172 g/mol. The fourth-order valence-electron chi connectivity index (χ4n) is 1.25. The molecule has 1 rings (SSSR count). The van der Waals surface area contributed by atoms with Crippen LogP contribution in [0.4, 0.5) is 0 Å². The molecule has 1 unspecified atom stereocenters. The molecule has 0 amide bonds. The van der Waals surface area contributed by atoms with Crippen LogP contribution < -0.4 is 0 Å². The molecule has 1 atom stereocenters. The summed E-state index contributed by atoms with van der Waals surface area (Å²) in [6.07, 6.45) is 4.77. The Morgan fingerprint density at radius 3 is 2.92 bits per heavy atom. The topological polar surface area (TPSA) is 35.5 Å². The predicted octanol–water partition coefficient (Wildman–Crippen LogP) is 1.51. The van der Waals surface area contributed by atoms with E-state index in [0.29, 0.717) is 6.61 Å². The number of unbranched alkanes of at least 4 members (excludes halogenated alkanes) is 2. The van der Waals surface area contributed by atoms with Gasteiger partial charge in [0.2, 0.25) is 0 Å². The Bertz CT molecular complexity index is 135. The molecule has 1 saturated heterocycles. The zero-order chi connectivity index (χ0) is 8.81. The Morgan fingerprint density at radius 2 is 2.33 bits per heavy atom. The second-order valence-corrected chi connectivity index (χ2v) is 3.11. The van der Waals surface area contributed by atoms with Gasteiger partial charge < -0.3 is 9.47 Å². The highest BCUT2D eigenvalue weighted by Gasteiger charge is 2.19. The van der Waals surface area contributed by atoms with Gasteiger partial charge in [0.25, 0.3) is 0 Å². The molecular formula is C9H16O3. The van der Waals surface area contributed by atoms with Crippen LogP contribution in [0.3, 0.4) is 0 Å². The minimum absolute atomic E-state index is 0.136. The summed E-state index contributed by atoms with van der Waals surface area (Å²) >= 11 is 0. The molecule has 0 bridgehead atoms. The Balaban J connectivity index is 2.05. The normalized spacial score (nSPS) is 23.8. The number of hydrogen-bond donors (Lipinski definition) is 0. The number of hydrogen-bond acceptors (Lipinski definition) is 3. The van der Waals surface area contributed by atoms with Crippen LogP contribution in [-0.2, 0) is 14.3 Å². The fraction of sp³-hybridized carbons (Fsp3) is 0.889. The van der Waals surface area contributed by atoms with Gasteiger partial charge in [0.15, 0.2) is 0 Å². The number of carbonyl (C=O) groups is 1. The van der Waals surface area contributed by atoms with E-state index in [0.717, 1.165) is 6.42 Å². The van der Waals surface area contributed by atoms with Gasteiger partial charge in [-0.15, -0.1) is 0 Å². The van der Waals surface area contributed by atoms with Gasteiger partial charge in [-0.25, -0.2) is 4.79 Å². The van der Waals surface area contributed by atoms with Gasteiger partial charge in [0, 0.05) is 0 Å². The highest BCUT2D eigenvalue weighted by molar-refractivity contribution is 5.71. The van der Waals surface area contributed by atoms with Crippen molar-refractivity contribution in [3.63, 3.8) is 0 Å². The van der Waals surface area contributed by atoms with Gasteiger partial charge in [0.05, 0.1) is 6.10 Å². The summed E-state index contributed by atoms with van der Waals surface area (Å²) in [7, 11) is 0. The number of esters is 1. The average Bonchev–Trinajstić information content (AvgIpc) is 2.09. The lowest BCUT2D eigenvalue weighted by Gasteiger charge is -2.21. The van der Waals surface area contributed by atoms with Crippen molar-refractivity contribution < 1.29 is 14.3 Å². The van der Waals surface area contributed by atoms with E-state index in [4.69, 9.17) is 9.47 Å². The molecule has 3 heteroatoms. The fourth-order valence-corrected chi connectivity index (χ4v) is 1.25. The summed E-state index contributed by atoms with van der Waals surface area (Å²) in [5, 5.41) is 0. The van der Waals surface area contributed by atoms with Gasteiger partial charge in [-0.3, -0.25) is 0 Å². The number of carbonyl (C=O) groups excluding carboxylic acids is 1. The van der Waals surface area contributed by atoms with E-state index in [1.54, 1.807) is 0 Å². The summed E-state index contributed by atoms with van der Waals surface area (Å²) < 4.78 is 10.1. The summed E-state index contributed by atoms with van der Waals surface area (Å²) in [4.78, 5) is 10.6. The van der Waals surface area contributed by atoms with E-state index in [1.165, 1.54) is 19.3 Å². The first-order valence-electron chi connectivity index (χ1n) is 4.60. The van der Waals surface area contributed by atoms with Crippen molar-refractivity contribution in [1.29, 1.82) is 0 Å². The van der Waals surface area contributed by atoms with Crippen LogP contribution in [0.1, 0.15) is 32.6 Å². The van der Waals surface area contributed by atoms with Gasteiger partial charge in [-0.1, -0.05) is 26.2 Å². The third kappa shape index (κ3) is 3.22. The van der Waals surface area contributed by atoms with E-state index < -0.39 is 0 Å². The second kappa shape index (κ2) is 5.14. The third-order valence-electron chi connectivity index (χ3n) is 2.00.